The lowest BCUT2D eigenvalue weighted by Crippen LogP contribution is -1.65. The molecule has 0 saturated heterocycles. The zero-order valence-corrected chi connectivity index (χ0v) is 6.36. The average molecular weight is 247 g/mol. The zero-order chi connectivity index (χ0) is 4.28. The van der Waals surface area contributed by atoms with Crippen molar-refractivity contribution in [2.24, 2.45) is 0 Å². The molecule has 2 heteroatoms. The summed E-state index contributed by atoms with van der Waals surface area (Å²) in [7, 11) is 0. The van der Waals surface area contributed by atoms with Crippen molar-refractivity contribution in [3.63, 3.8) is 0 Å². The van der Waals surface area contributed by atoms with Crippen LogP contribution in [-0.2, 0) is 0 Å². The molecule has 0 aromatic rings. The van der Waals surface area contributed by atoms with E-state index in [0.29, 0.717) is 2.83 Å². The molecule has 0 heterocycles. The summed E-state index contributed by atoms with van der Waals surface area (Å²) >= 11 is 5.45. The Labute approximate surface area is 53.9 Å². The van der Waals surface area contributed by atoms with Crippen LogP contribution in [0.2, 0.25) is 0 Å². The van der Waals surface area contributed by atoms with Gasteiger partial charge in [-0.05, 0) is 0 Å². The molecule has 0 aromatic carbocycles. The quantitative estimate of drug-likeness (QED) is 0.379. The second-order valence-electron chi connectivity index (χ2n) is 0.570. The second kappa shape index (κ2) is 3.15. The minimum atomic E-state index is 0.431. The largest absolute Gasteiger partial charge is 0.101 e. The third kappa shape index (κ3) is 4.95. The molecule has 30 valence electrons. The number of halogens is 2. The van der Waals surface area contributed by atoms with Gasteiger partial charge in [0, 0.05) is 0 Å². The van der Waals surface area contributed by atoms with E-state index in [1.807, 2.05) is 6.08 Å². The van der Waals surface area contributed by atoms with E-state index in [4.69, 9.17) is 0 Å². The number of rotatable bonds is 1. The van der Waals surface area contributed by atoms with Gasteiger partial charge in [-0.2, -0.15) is 0 Å². The van der Waals surface area contributed by atoms with Crippen LogP contribution in [0.3, 0.4) is 0 Å². The van der Waals surface area contributed by atoms with Crippen LogP contribution in [0.4, 0.5) is 0 Å². The summed E-state index contributed by atoms with van der Waals surface area (Å²) in [4.78, 5) is 0. The maximum atomic E-state index is 3.51. The Morgan fingerprint density at radius 2 is 2.20 bits per heavy atom. The van der Waals surface area contributed by atoms with Gasteiger partial charge in [-0.3, -0.25) is 0 Å². The summed E-state index contributed by atoms with van der Waals surface area (Å²) in [5, 5.41) is 0. The first-order valence-corrected chi connectivity index (χ1v) is 3.34. The monoisotopic (exact) mass is 246 g/mol. The highest BCUT2D eigenvalue weighted by molar-refractivity contribution is 14.1. The third-order valence-electron chi connectivity index (χ3n) is 0.178. The van der Waals surface area contributed by atoms with Gasteiger partial charge in [-0.15, -0.1) is 6.58 Å². The van der Waals surface area contributed by atoms with Crippen molar-refractivity contribution in [2.75, 3.05) is 0 Å². The molecule has 0 fully saturated rings. The Morgan fingerprint density at radius 1 is 2.00 bits per heavy atom. The van der Waals surface area contributed by atoms with Gasteiger partial charge in [0.15, 0.2) is 0 Å². The van der Waals surface area contributed by atoms with Crippen LogP contribution >= 0.6 is 38.5 Å². The fraction of sp³-hybridized carbons (Fsp3) is 0.333. The number of hydrogen-bond acceptors (Lipinski definition) is 0. The molecule has 5 heavy (non-hydrogen) atoms. The maximum absolute atomic E-state index is 3.51. The Hall–Kier alpha value is 0.950. The summed E-state index contributed by atoms with van der Waals surface area (Å²) in [6.07, 6.45) is 1.82. The molecule has 0 spiro atoms. The molecule has 0 aromatic heterocycles. The van der Waals surface area contributed by atoms with Crippen molar-refractivity contribution < 1.29 is 0 Å². The lowest BCUT2D eigenvalue weighted by Gasteiger charge is -1.78. The van der Waals surface area contributed by atoms with Gasteiger partial charge in [0.05, 0.1) is 2.83 Å². The van der Waals surface area contributed by atoms with Gasteiger partial charge in [-0.1, -0.05) is 44.6 Å². The van der Waals surface area contributed by atoms with E-state index < -0.39 is 0 Å². The van der Waals surface area contributed by atoms with Crippen molar-refractivity contribution in [1.29, 1.82) is 0 Å². The molecule has 0 aliphatic heterocycles. The van der Waals surface area contributed by atoms with E-state index in [9.17, 15) is 0 Å². The summed E-state index contributed by atoms with van der Waals surface area (Å²) in [6.45, 7) is 3.51. The van der Waals surface area contributed by atoms with Crippen LogP contribution in [0, 0.1) is 0 Å². The van der Waals surface area contributed by atoms with Crippen LogP contribution in [0.5, 0.6) is 0 Å². The molecule has 0 bridgehead atoms. The molecule has 0 N–H and O–H groups in total. The van der Waals surface area contributed by atoms with Crippen LogP contribution in [-0.4, -0.2) is 2.83 Å². The fourth-order valence-electron chi connectivity index (χ4n) is 0. The average Bonchev–Trinajstić information content (AvgIpc) is 1.38. The van der Waals surface area contributed by atoms with E-state index in [1.165, 1.54) is 0 Å². The van der Waals surface area contributed by atoms with Crippen LogP contribution < -0.4 is 0 Å². The van der Waals surface area contributed by atoms with E-state index in [-0.39, 0.29) is 0 Å². The minimum absolute atomic E-state index is 0.431. The Bertz CT molecular complexity index is 33.9. The predicted molar refractivity (Wildman–Crippen MR) is 36.9 cm³/mol. The summed E-state index contributed by atoms with van der Waals surface area (Å²) in [5.74, 6) is 0. The van der Waals surface area contributed by atoms with Crippen LogP contribution in [0.1, 0.15) is 0 Å². The standard InChI is InChI=1S/C3H4BrI/c1-2-3(4)5/h2-3H,1H2. The lowest BCUT2D eigenvalue weighted by molar-refractivity contribution is 1.80. The minimum Gasteiger partial charge on any atom is -0.101 e. The molecule has 0 aliphatic carbocycles. The highest BCUT2D eigenvalue weighted by Gasteiger charge is 1.79. The predicted octanol–water partition coefficient (Wildman–Crippen LogP) is 2.33. The molecule has 0 nitrogen and oxygen atoms in total. The normalized spacial score (nSPS) is 14.0. The first kappa shape index (κ1) is 5.95. The molecule has 1 atom stereocenters. The molecular formula is C3H4BrI. The van der Waals surface area contributed by atoms with Gasteiger partial charge in [0.1, 0.15) is 0 Å². The van der Waals surface area contributed by atoms with E-state index >= 15 is 0 Å². The SMILES string of the molecule is C=CC(Br)I. The van der Waals surface area contributed by atoms with Crippen molar-refractivity contribution in [3.05, 3.63) is 12.7 Å². The van der Waals surface area contributed by atoms with Crippen LogP contribution in [0.15, 0.2) is 12.7 Å². The van der Waals surface area contributed by atoms with Gasteiger partial charge in [0.2, 0.25) is 0 Å². The third-order valence-corrected chi connectivity index (χ3v) is 1.06. The van der Waals surface area contributed by atoms with E-state index in [0.717, 1.165) is 0 Å². The first-order chi connectivity index (χ1) is 2.27. The molecule has 1 unspecified atom stereocenters. The highest BCUT2D eigenvalue weighted by Crippen LogP contribution is 2.07. The van der Waals surface area contributed by atoms with Crippen molar-refractivity contribution in [2.45, 2.75) is 2.83 Å². The van der Waals surface area contributed by atoms with Crippen LogP contribution in [0.25, 0.3) is 0 Å². The van der Waals surface area contributed by atoms with E-state index in [1.54, 1.807) is 0 Å². The fourth-order valence-corrected chi connectivity index (χ4v) is 0. The summed E-state index contributed by atoms with van der Waals surface area (Å²) in [5.41, 5.74) is 0. The van der Waals surface area contributed by atoms with Gasteiger partial charge < -0.3 is 0 Å². The summed E-state index contributed by atoms with van der Waals surface area (Å²) in [6, 6.07) is 0. The summed E-state index contributed by atoms with van der Waals surface area (Å²) < 4.78 is 0.431. The maximum Gasteiger partial charge on any atom is 0.0839 e. The van der Waals surface area contributed by atoms with Gasteiger partial charge >= 0.3 is 0 Å². The lowest BCUT2D eigenvalue weighted by atomic mass is 10.8. The van der Waals surface area contributed by atoms with E-state index in [2.05, 4.69) is 45.1 Å². The highest BCUT2D eigenvalue weighted by atomic mass is 127. The Balaban J connectivity index is 2.83. The van der Waals surface area contributed by atoms with Crippen molar-refractivity contribution in [3.8, 4) is 0 Å². The Morgan fingerprint density at radius 3 is 2.20 bits per heavy atom. The first-order valence-electron chi connectivity index (χ1n) is 1.18. The molecular weight excluding hydrogens is 243 g/mol. The molecule has 0 rings (SSSR count). The Kier molecular flexibility index (Phi) is 3.75. The van der Waals surface area contributed by atoms with Crippen molar-refractivity contribution in [1.82, 2.24) is 0 Å². The van der Waals surface area contributed by atoms with Crippen molar-refractivity contribution >= 4 is 38.5 Å². The number of allylic oxidation sites excluding steroid dienone is 1. The molecule has 0 aliphatic rings. The van der Waals surface area contributed by atoms with Gasteiger partial charge in [-0.25, -0.2) is 0 Å². The smallest absolute Gasteiger partial charge is 0.0839 e. The molecule has 0 saturated carbocycles. The number of alkyl halides is 2. The second-order valence-corrected chi connectivity index (χ2v) is 4.61. The molecule has 0 radical (unpaired) electrons. The number of hydrogen-bond donors (Lipinski definition) is 0. The van der Waals surface area contributed by atoms with Gasteiger partial charge in [0.25, 0.3) is 0 Å². The zero-order valence-electron chi connectivity index (χ0n) is 2.62. The molecule has 0 amide bonds. The topological polar surface area (TPSA) is 0 Å².